The summed E-state index contributed by atoms with van der Waals surface area (Å²) in [6, 6.07) is -0.414. The molecule has 1 fully saturated rings. The standard InChI is InChI=1S/C10H18N2O6S/c13-8(10(15)16)1-2-12-9(14)5-7-6-19(17,18)4-3-11-7/h7-8,11,13H,1-6H2,(H,12,14)(H,15,16). The van der Waals surface area contributed by atoms with Crippen molar-refractivity contribution < 1.29 is 28.2 Å². The van der Waals surface area contributed by atoms with Crippen molar-refractivity contribution in [2.45, 2.75) is 25.0 Å². The van der Waals surface area contributed by atoms with Crippen LogP contribution >= 0.6 is 0 Å². The Kier molecular flexibility index (Phi) is 5.70. The topological polar surface area (TPSA) is 133 Å². The normalized spacial score (nSPS) is 23.5. The number of sulfone groups is 1. The minimum Gasteiger partial charge on any atom is -0.479 e. The van der Waals surface area contributed by atoms with Crippen molar-refractivity contribution >= 4 is 21.7 Å². The van der Waals surface area contributed by atoms with Crippen molar-refractivity contribution in [3.8, 4) is 0 Å². The highest BCUT2D eigenvalue weighted by molar-refractivity contribution is 7.91. The lowest BCUT2D eigenvalue weighted by molar-refractivity contribution is -0.147. The zero-order chi connectivity index (χ0) is 14.5. The van der Waals surface area contributed by atoms with E-state index >= 15 is 0 Å². The maximum absolute atomic E-state index is 11.5. The molecule has 0 radical (unpaired) electrons. The van der Waals surface area contributed by atoms with Gasteiger partial charge in [0.1, 0.15) is 0 Å². The molecule has 110 valence electrons. The number of carbonyl (C=O) groups excluding carboxylic acids is 1. The van der Waals surface area contributed by atoms with E-state index in [1.807, 2.05) is 0 Å². The summed E-state index contributed by atoms with van der Waals surface area (Å²) < 4.78 is 22.7. The Morgan fingerprint density at radius 1 is 1.42 bits per heavy atom. The molecule has 9 heteroatoms. The van der Waals surface area contributed by atoms with E-state index in [4.69, 9.17) is 10.2 Å². The minimum absolute atomic E-state index is 0.0163. The largest absolute Gasteiger partial charge is 0.479 e. The Balaban J connectivity index is 2.26. The molecule has 0 spiro atoms. The molecule has 2 atom stereocenters. The molecule has 1 aliphatic rings. The average Bonchev–Trinajstić information content (AvgIpc) is 2.27. The van der Waals surface area contributed by atoms with Gasteiger partial charge in [-0.05, 0) is 0 Å². The number of rotatable bonds is 6. The number of amides is 1. The number of carboxylic acids is 1. The molecular weight excluding hydrogens is 276 g/mol. The number of carboxylic acid groups (broad SMARTS) is 1. The Labute approximate surface area is 111 Å². The third-order valence-corrected chi connectivity index (χ3v) is 4.49. The van der Waals surface area contributed by atoms with Crippen molar-refractivity contribution in [1.29, 1.82) is 0 Å². The molecule has 2 unspecified atom stereocenters. The van der Waals surface area contributed by atoms with Crippen LogP contribution in [0.1, 0.15) is 12.8 Å². The molecule has 8 nitrogen and oxygen atoms in total. The van der Waals surface area contributed by atoms with Crippen LogP contribution in [0.3, 0.4) is 0 Å². The van der Waals surface area contributed by atoms with Gasteiger partial charge in [0.05, 0.1) is 11.5 Å². The van der Waals surface area contributed by atoms with Crippen molar-refractivity contribution in [3.63, 3.8) is 0 Å². The van der Waals surface area contributed by atoms with Crippen molar-refractivity contribution in [1.82, 2.24) is 10.6 Å². The third-order valence-electron chi connectivity index (χ3n) is 2.76. The van der Waals surface area contributed by atoms with E-state index in [1.54, 1.807) is 0 Å². The SMILES string of the molecule is O=C(CC1CS(=O)(=O)CCN1)NCCC(O)C(=O)O. The molecule has 1 aliphatic heterocycles. The molecule has 19 heavy (non-hydrogen) atoms. The van der Waals surface area contributed by atoms with E-state index in [0.717, 1.165) is 0 Å². The molecule has 1 saturated heterocycles. The number of hydrogen-bond donors (Lipinski definition) is 4. The van der Waals surface area contributed by atoms with Gasteiger partial charge in [0.25, 0.3) is 0 Å². The molecule has 0 aromatic rings. The predicted molar refractivity (Wildman–Crippen MR) is 66.3 cm³/mol. The molecule has 1 heterocycles. The molecule has 0 saturated carbocycles. The number of hydrogen-bond acceptors (Lipinski definition) is 6. The summed E-state index contributed by atoms with van der Waals surface area (Å²) in [5.41, 5.74) is 0. The molecule has 1 amide bonds. The summed E-state index contributed by atoms with van der Waals surface area (Å²) in [6.07, 6.45) is -1.58. The Hall–Kier alpha value is -1.19. The van der Waals surface area contributed by atoms with Gasteiger partial charge in [0, 0.05) is 32.0 Å². The highest BCUT2D eigenvalue weighted by Crippen LogP contribution is 2.04. The molecule has 4 N–H and O–H groups in total. The maximum atomic E-state index is 11.5. The zero-order valence-electron chi connectivity index (χ0n) is 10.3. The van der Waals surface area contributed by atoms with Gasteiger partial charge < -0.3 is 20.8 Å². The Morgan fingerprint density at radius 3 is 2.68 bits per heavy atom. The van der Waals surface area contributed by atoms with E-state index in [-0.39, 0.29) is 36.8 Å². The number of aliphatic hydroxyl groups excluding tert-OH is 1. The van der Waals surface area contributed by atoms with E-state index in [1.165, 1.54) is 0 Å². The maximum Gasteiger partial charge on any atom is 0.332 e. The minimum atomic E-state index is -3.08. The lowest BCUT2D eigenvalue weighted by atomic mass is 10.2. The molecule has 0 aromatic carbocycles. The highest BCUT2D eigenvalue weighted by atomic mass is 32.2. The van der Waals surface area contributed by atoms with Crippen LogP contribution in [0, 0.1) is 0 Å². The number of carbonyl (C=O) groups is 2. The van der Waals surface area contributed by atoms with Gasteiger partial charge in [0.15, 0.2) is 15.9 Å². The first-order chi connectivity index (χ1) is 8.80. The van der Waals surface area contributed by atoms with Gasteiger partial charge in [-0.25, -0.2) is 13.2 Å². The summed E-state index contributed by atoms with van der Waals surface area (Å²) in [6.45, 7) is 0.365. The van der Waals surface area contributed by atoms with E-state index in [9.17, 15) is 18.0 Å². The van der Waals surface area contributed by atoms with Gasteiger partial charge >= 0.3 is 5.97 Å². The Bertz CT molecular complexity index is 435. The van der Waals surface area contributed by atoms with Crippen LogP contribution in [0.25, 0.3) is 0 Å². The van der Waals surface area contributed by atoms with E-state index < -0.39 is 28.0 Å². The number of aliphatic hydroxyl groups is 1. The second kappa shape index (κ2) is 6.83. The number of aliphatic carboxylic acids is 1. The fraction of sp³-hybridized carbons (Fsp3) is 0.800. The van der Waals surface area contributed by atoms with Crippen LogP contribution in [-0.4, -0.2) is 67.2 Å². The Morgan fingerprint density at radius 2 is 2.11 bits per heavy atom. The number of nitrogens with one attached hydrogen (secondary N) is 2. The third kappa shape index (κ3) is 5.99. The van der Waals surface area contributed by atoms with Gasteiger partial charge in [-0.3, -0.25) is 4.79 Å². The quantitative estimate of drug-likeness (QED) is 0.433. The first-order valence-electron chi connectivity index (χ1n) is 5.91. The summed E-state index contributed by atoms with van der Waals surface area (Å²) >= 11 is 0. The fourth-order valence-corrected chi connectivity index (χ4v) is 3.21. The smallest absolute Gasteiger partial charge is 0.332 e. The van der Waals surface area contributed by atoms with Crippen LogP contribution in [0.5, 0.6) is 0 Å². The van der Waals surface area contributed by atoms with Gasteiger partial charge in [-0.15, -0.1) is 0 Å². The second-order valence-corrected chi connectivity index (χ2v) is 6.69. The first kappa shape index (κ1) is 15.9. The summed E-state index contributed by atoms with van der Waals surface area (Å²) in [5, 5.41) is 22.8. The van der Waals surface area contributed by atoms with Gasteiger partial charge in [-0.2, -0.15) is 0 Å². The highest BCUT2D eigenvalue weighted by Gasteiger charge is 2.25. The van der Waals surface area contributed by atoms with Crippen LogP contribution < -0.4 is 10.6 Å². The molecule has 0 aromatic heterocycles. The lowest BCUT2D eigenvalue weighted by Crippen LogP contribution is -2.47. The van der Waals surface area contributed by atoms with Crippen LogP contribution in [-0.2, 0) is 19.4 Å². The van der Waals surface area contributed by atoms with Crippen LogP contribution in [0.15, 0.2) is 0 Å². The van der Waals surface area contributed by atoms with Crippen molar-refractivity contribution in [2.75, 3.05) is 24.6 Å². The van der Waals surface area contributed by atoms with Crippen LogP contribution in [0.2, 0.25) is 0 Å². The average molecular weight is 294 g/mol. The molecule has 0 aliphatic carbocycles. The van der Waals surface area contributed by atoms with E-state index in [2.05, 4.69) is 10.6 Å². The second-order valence-electron chi connectivity index (χ2n) is 4.46. The van der Waals surface area contributed by atoms with Gasteiger partial charge in [0.2, 0.25) is 5.91 Å². The fourth-order valence-electron chi connectivity index (χ4n) is 1.77. The van der Waals surface area contributed by atoms with Crippen LogP contribution in [0.4, 0.5) is 0 Å². The lowest BCUT2D eigenvalue weighted by Gasteiger charge is -2.23. The predicted octanol–water partition coefficient (Wildman–Crippen LogP) is -2.29. The molecule has 0 bridgehead atoms. The summed E-state index contributed by atoms with van der Waals surface area (Å²) in [5.74, 6) is -1.70. The van der Waals surface area contributed by atoms with E-state index in [0.29, 0.717) is 6.54 Å². The monoisotopic (exact) mass is 294 g/mol. The van der Waals surface area contributed by atoms with Gasteiger partial charge in [-0.1, -0.05) is 0 Å². The summed E-state index contributed by atoms with van der Waals surface area (Å²) in [4.78, 5) is 21.8. The first-order valence-corrected chi connectivity index (χ1v) is 7.73. The van der Waals surface area contributed by atoms with Crippen molar-refractivity contribution in [2.24, 2.45) is 0 Å². The van der Waals surface area contributed by atoms with Crippen molar-refractivity contribution in [3.05, 3.63) is 0 Å². The summed E-state index contributed by atoms with van der Waals surface area (Å²) in [7, 11) is -3.08. The molecular formula is C10H18N2O6S. The molecule has 1 rings (SSSR count). The zero-order valence-corrected chi connectivity index (χ0v) is 11.1.